The largest absolute Gasteiger partial charge is 0.387 e. The normalized spacial score (nSPS) is 23.6. The molecule has 1 heterocycles. The summed E-state index contributed by atoms with van der Waals surface area (Å²) in [5.41, 5.74) is -0.476. The van der Waals surface area contributed by atoms with Gasteiger partial charge in [-0.1, -0.05) is 6.07 Å². The Labute approximate surface area is 117 Å². The maximum absolute atomic E-state index is 13.5. The van der Waals surface area contributed by atoms with E-state index >= 15 is 0 Å². The van der Waals surface area contributed by atoms with Crippen molar-refractivity contribution in [1.82, 2.24) is 5.32 Å². The van der Waals surface area contributed by atoms with Gasteiger partial charge in [-0.25, -0.2) is 8.78 Å². The summed E-state index contributed by atoms with van der Waals surface area (Å²) in [7, 11) is 0. The maximum Gasteiger partial charge on any atom is 0.131 e. The highest BCUT2D eigenvalue weighted by Crippen LogP contribution is 2.25. The molecule has 0 saturated carbocycles. The SMILES string of the molecule is CC1(C)CC(NCC(O)c2c(F)cccc2F)CCO1. The summed E-state index contributed by atoms with van der Waals surface area (Å²) >= 11 is 0. The molecular weight excluding hydrogens is 264 g/mol. The molecule has 20 heavy (non-hydrogen) atoms. The van der Waals surface area contributed by atoms with E-state index in [1.54, 1.807) is 0 Å². The number of rotatable bonds is 4. The van der Waals surface area contributed by atoms with Gasteiger partial charge in [-0.15, -0.1) is 0 Å². The average molecular weight is 285 g/mol. The van der Waals surface area contributed by atoms with Crippen molar-refractivity contribution in [3.63, 3.8) is 0 Å². The molecule has 0 aliphatic carbocycles. The molecule has 2 atom stereocenters. The van der Waals surface area contributed by atoms with Crippen LogP contribution in [0.15, 0.2) is 18.2 Å². The smallest absolute Gasteiger partial charge is 0.131 e. The van der Waals surface area contributed by atoms with Crippen molar-refractivity contribution >= 4 is 0 Å². The van der Waals surface area contributed by atoms with E-state index in [0.717, 1.165) is 25.0 Å². The molecule has 1 fully saturated rings. The Balaban J connectivity index is 1.94. The van der Waals surface area contributed by atoms with E-state index in [1.807, 2.05) is 13.8 Å². The van der Waals surface area contributed by atoms with Gasteiger partial charge in [0, 0.05) is 19.2 Å². The number of benzene rings is 1. The third-order valence-corrected chi connectivity index (χ3v) is 3.63. The van der Waals surface area contributed by atoms with Crippen molar-refractivity contribution in [2.24, 2.45) is 0 Å². The van der Waals surface area contributed by atoms with E-state index in [2.05, 4.69) is 5.32 Å². The van der Waals surface area contributed by atoms with Crippen LogP contribution in [0.3, 0.4) is 0 Å². The van der Waals surface area contributed by atoms with Crippen molar-refractivity contribution in [3.05, 3.63) is 35.4 Å². The van der Waals surface area contributed by atoms with Crippen molar-refractivity contribution in [2.45, 2.75) is 44.4 Å². The zero-order chi connectivity index (χ0) is 14.8. The van der Waals surface area contributed by atoms with Crippen molar-refractivity contribution in [3.8, 4) is 0 Å². The highest BCUT2D eigenvalue weighted by molar-refractivity contribution is 5.22. The lowest BCUT2D eigenvalue weighted by atomic mass is 9.93. The summed E-state index contributed by atoms with van der Waals surface area (Å²) in [6, 6.07) is 3.77. The minimum atomic E-state index is -1.19. The fourth-order valence-electron chi connectivity index (χ4n) is 2.62. The fourth-order valence-corrected chi connectivity index (χ4v) is 2.62. The minimum Gasteiger partial charge on any atom is -0.387 e. The monoisotopic (exact) mass is 285 g/mol. The molecule has 1 aromatic rings. The van der Waals surface area contributed by atoms with Crippen molar-refractivity contribution in [1.29, 1.82) is 0 Å². The molecule has 1 saturated heterocycles. The first kappa shape index (κ1) is 15.4. The van der Waals surface area contributed by atoms with Crippen LogP contribution in [0.25, 0.3) is 0 Å². The van der Waals surface area contributed by atoms with E-state index in [9.17, 15) is 13.9 Å². The standard InChI is InChI=1S/C15H21F2NO2/c1-15(2)8-10(6-7-20-15)18-9-13(19)14-11(16)4-3-5-12(14)17/h3-5,10,13,18-19H,6-9H2,1-2H3. The fraction of sp³-hybridized carbons (Fsp3) is 0.600. The third-order valence-electron chi connectivity index (χ3n) is 3.63. The van der Waals surface area contributed by atoms with Gasteiger partial charge in [0.1, 0.15) is 11.6 Å². The van der Waals surface area contributed by atoms with Crippen molar-refractivity contribution < 1.29 is 18.6 Å². The topological polar surface area (TPSA) is 41.5 Å². The molecule has 0 radical (unpaired) electrons. The highest BCUT2D eigenvalue weighted by Gasteiger charge is 2.29. The first-order chi connectivity index (χ1) is 9.39. The van der Waals surface area contributed by atoms with Gasteiger partial charge in [-0.2, -0.15) is 0 Å². The molecule has 0 amide bonds. The van der Waals surface area contributed by atoms with E-state index in [4.69, 9.17) is 4.74 Å². The van der Waals surface area contributed by atoms with E-state index in [1.165, 1.54) is 6.07 Å². The van der Waals surface area contributed by atoms with Gasteiger partial charge in [-0.05, 0) is 38.8 Å². The summed E-state index contributed by atoms with van der Waals surface area (Å²) in [5, 5.41) is 13.1. The van der Waals surface area contributed by atoms with Gasteiger partial charge in [0.05, 0.1) is 17.3 Å². The Morgan fingerprint density at radius 1 is 1.40 bits per heavy atom. The van der Waals surface area contributed by atoms with Gasteiger partial charge in [0.15, 0.2) is 0 Å². The number of hydrogen-bond acceptors (Lipinski definition) is 3. The Kier molecular flexibility index (Phi) is 4.73. The number of hydrogen-bond donors (Lipinski definition) is 2. The molecule has 0 spiro atoms. The highest BCUT2D eigenvalue weighted by atomic mass is 19.1. The molecule has 1 aromatic carbocycles. The number of aliphatic hydroxyl groups excluding tert-OH is 1. The van der Waals surface area contributed by atoms with Crippen LogP contribution in [-0.2, 0) is 4.74 Å². The Morgan fingerprint density at radius 2 is 2.05 bits per heavy atom. The third kappa shape index (κ3) is 3.75. The molecule has 112 valence electrons. The van der Waals surface area contributed by atoms with Crippen LogP contribution in [0.1, 0.15) is 38.4 Å². The quantitative estimate of drug-likeness (QED) is 0.893. The number of ether oxygens (including phenoxy) is 1. The molecule has 2 rings (SSSR count). The van der Waals surface area contributed by atoms with Gasteiger partial charge >= 0.3 is 0 Å². The molecule has 3 nitrogen and oxygen atoms in total. The molecule has 0 bridgehead atoms. The van der Waals surface area contributed by atoms with E-state index in [0.29, 0.717) is 6.61 Å². The van der Waals surface area contributed by atoms with Crippen molar-refractivity contribution in [2.75, 3.05) is 13.2 Å². The predicted molar refractivity (Wildman–Crippen MR) is 72.4 cm³/mol. The zero-order valence-corrected chi connectivity index (χ0v) is 11.8. The summed E-state index contributed by atoms with van der Waals surface area (Å²) in [6.45, 7) is 4.79. The second-order valence-corrected chi connectivity index (χ2v) is 5.86. The second-order valence-electron chi connectivity index (χ2n) is 5.86. The molecule has 2 N–H and O–H groups in total. The van der Waals surface area contributed by atoms with Gasteiger partial charge in [0.2, 0.25) is 0 Å². The Morgan fingerprint density at radius 3 is 2.65 bits per heavy atom. The Hall–Kier alpha value is -1.04. The van der Waals surface area contributed by atoms with Crippen LogP contribution < -0.4 is 5.32 Å². The minimum absolute atomic E-state index is 0.124. The van der Waals surface area contributed by atoms with Crippen LogP contribution in [0.4, 0.5) is 8.78 Å². The van der Waals surface area contributed by atoms with E-state index in [-0.39, 0.29) is 23.8 Å². The van der Waals surface area contributed by atoms with Gasteiger partial charge in [0.25, 0.3) is 0 Å². The zero-order valence-electron chi connectivity index (χ0n) is 11.8. The summed E-state index contributed by atoms with van der Waals surface area (Å²) in [5.74, 6) is -1.43. The lowest BCUT2D eigenvalue weighted by Crippen LogP contribution is -2.44. The second kappa shape index (κ2) is 6.16. The molecule has 0 aromatic heterocycles. The number of aliphatic hydroxyl groups is 1. The summed E-state index contributed by atoms with van der Waals surface area (Å²) < 4.78 is 32.7. The number of halogens is 2. The predicted octanol–water partition coefficient (Wildman–Crippen LogP) is 2.55. The van der Waals surface area contributed by atoms with Crippen LogP contribution in [0, 0.1) is 11.6 Å². The Bertz CT molecular complexity index is 445. The lowest BCUT2D eigenvalue weighted by molar-refractivity contribution is -0.0639. The molecule has 5 heteroatoms. The first-order valence-electron chi connectivity index (χ1n) is 6.88. The van der Waals surface area contributed by atoms with Crippen LogP contribution in [0.5, 0.6) is 0 Å². The van der Waals surface area contributed by atoms with E-state index < -0.39 is 17.7 Å². The lowest BCUT2D eigenvalue weighted by Gasteiger charge is -2.36. The molecule has 1 aliphatic rings. The first-order valence-corrected chi connectivity index (χ1v) is 6.88. The molecule has 2 unspecified atom stereocenters. The maximum atomic E-state index is 13.5. The van der Waals surface area contributed by atoms with Gasteiger partial charge in [-0.3, -0.25) is 0 Å². The van der Waals surface area contributed by atoms with Crippen LogP contribution in [-0.4, -0.2) is 29.9 Å². The van der Waals surface area contributed by atoms with Gasteiger partial charge < -0.3 is 15.2 Å². The van der Waals surface area contributed by atoms with Crippen LogP contribution in [0.2, 0.25) is 0 Å². The average Bonchev–Trinajstić information content (AvgIpc) is 2.35. The number of nitrogens with one attached hydrogen (secondary N) is 1. The summed E-state index contributed by atoms with van der Waals surface area (Å²) in [6.07, 6.45) is 0.442. The summed E-state index contributed by atoms with van der Waals surface area (Å²) in [4.78, 5) is 0. The molecule has 1 aliphatic heterocycles. The molecular formula is C15H21F2NO2. The van der Waals surface area contributed by atoms with Crippen LogP contribution >= 0.6 is 0 Å².